The van der Waals surface area contributed by atoms with Crippen LogP contribution in [0.1, 0.15) is 29.2 Å². The summed E-state index contributed by atoms with van der Waals surface area (Å²) in [5.41, 5.74) is 0.267. The van der Waals surface area contributed by atoms with Gasteiger partial charge in [0.05, 0.1) is 5.92 Å². The molecule has 7 nitrogen and oxygen atoms in total. The van der Waals surface area contributed by atoms with Crippen LogP contribution in [0.15, 0.2) is 26.9 Å². The fourth-order valence-electron chi connectivity index (χ4n) is 2.83. The lowest BCUT2D eigenvalue weighted by Gasteiger charge is -2.29. The van der Waals surface area contributed by atoms with E-state index in [0.29, 0.717) is 19.4 Å². The van der Waals surface area contributed by atoms with Gasteiger partial charge in [-0.25, -0.2) is 8.42 Å². The van der Waals surface area contributed by atoms with Crippen molar-refractivity contribution in [1.29, 1.82) is 0 Å². The van der Waals surface area contributed by atoms with E-state index in [1.54, 1.807) is 19.1 Å². The first kappa shape index (κ1) is 17.8. The van der Waals surface area contributed by atoms with Gasteiger partial charge in [0.15, 0.2) is 10.7 Å². The molecule has 3 rings (SSSR count). The van der Waals surface area contributed by atoms with Gasteiger partial charge in [-0.1, -0.05) is 11.2 Å². The van der Waals surface area contributed by atoms with E-state index in [-0.39, 0.29) is 22.9 Å². The Bertz CT molecular complexity index is 884. The average molecular weight is 382 g/mol. The molecule has 1 fully saturated rings. The highest BCUT2D eigenvalue weighted by Crippen LogP contribution is 2.29. The van der Waals surface area contributed by atoms with E-state index in [2.05, 4.69) is 5.16 Å². The predicted octanol–water partition coefficient (Wildman–Crippen LogP) is 2.70. The molecule has 0 aromatic carbocycles. The number of thiophene rings is 1. The molecule has 9 heteroatoms. The molecule has 0 amide bonds. The van der Waals surface area contributed by atoms with E-state index >= 15 is 0 Å². The average Bonchev–Trinajstić information content (AvgIpc) is 3.22. The number of nitrogens with zero attached hydrogens (tertiary/aromatic N) is 2. The lowest BCUT2D eigenvalue weighted by molar-refractivity contribution is -0.142. The molecule has 1 aliphatic rings. The van der Waals surface area contributed by atoms with Crippen LogP contribution in [0.2, 0.25) is 0 Å². The minimum atomic E-state index is -3.87. The van der Waals surface area contributed by atoms with Crippen molar-refractivity contribution >= 4 is 39.5 Å². The van der Waals surface area contributed by atoms with Gasteiger partial charge in [0.1, 0.15) is 5.69 Å². The van der Waals surface area contributed by atoms with E-state index in [4.69, 9.17) is 4.52 Å². The molecule has 0 radical (unpaired) electrons. The summed E-state index contributed by atoms with van der Waals surface area (Å²) in [6.45, 7) is 1.83. The highest BCUT2D eigenvalue weighted by atomic mass is 32.2. The molecule has 3 heterocycles. The first-order chi connectivity index (χ1) is 11.9. The topological polar surface area (TPSA) is 101 Å². The first-order valence-corrected chi connectivity index (χ1v) is 10.1. The molecule has 0 spiro atoms. The number of piperidine rings is 1. The van der Waals surface area contributed by atoms with E-state index in [0.717, 1.165) is 4.88 Å². The smallest absolute Gasteiger partial charge is 0.307 e. The monoisotopic (exact) mass is 382 g/mol. The second-order valence-corrected chi connectivity index (χ2v) is 8.70. The molecule has 1 atom stereocenters. The molecule has 0 saturated carbocycles. The minimum absolute atomic E-state index is 0.00587. The van der Waals surface area contributed by atoms with E-state index in [1.165, 1.54) is 15.6 Å². The van der Waals surface area contributed by atoms with Crippen LogP contribution in [0, 0.1) is 12.8 Å². The maximum absolute atomic E-state index is 13.0. The Morgan fingerprint density at radius 2 is 2.28 bits per heavy atom. The van der Waals surface area contributed by atoms with Gasteiger partial charge in [-0.05, 0) is 43.4 Å². The molecule has 2 aromatic rings. The summed E-state index contributed by atoms with van der Waals surface area (Å²) >= 11 is 1.52. The Morgan fingerprint density at radius 3 is 2.96 bits per heavy atom. The highest BCUT2D eigenvalue weighted by molar-refractivity contribution is 7.89. The quantitative estimate of drug-likeness (QED) is 0.853. The lowest BCUT2D eigenvalue weighted by Crippen LogP contribution is -2.42. The summed E-state index contributed by atoms with van der Waals surface area (Å²) < 4.78 is 32.5. The zero-order valence-corrected chi connectivity index (χ0v) is 15.2. The summed E-state index contributed by atoms with van der Waals surface area (Å²) in [4.78, 5) is 12.2. The number of carbonyl (C=O) groups is 1. The minimum Gasteiger partial charge on any atom is -0.481 e. The van der Waals surface area contributed by atoms with Crippen LogP contribution < -0.4 is 0 Å². The molecule has 0 bridgehead atoms. The fourth-order valence-corrected chi connectivity index (χ4v) is 5.23. The van der Waals surface area contributed by atoms with Gasteiger partial charge in [0.25, 0.3) is 0 Å². The van der Waals surface area contributed by atoms with Gasteiger partial charge < -0.3 is 9.63 Å². The SMILES string of the molecule is Cc1noc(/C=C/c2cccs2)c1S(=O)(=O)N1CCC[C@H](C(=O)O)C1. The molecule has 134 valence electrons. The predicted molar refractivity (Wildman–Crippen MR) is 93.6 cm³/mol. The van der Waals surface area contributed by atoms with Crippen molar-refractivity contribution < 1.29 is 22.8 Å². The van der Waals surface area contributed by atoms with Gasteiger partial charge >= 0.3 is 5.97 Å². The Morgan fingerprint density at radius 1 is 1.48 bits per heavy atom. The summed E-state index contributed by atoms with van der Waals surface area (Å²) in [5, 5.41) is 14.9. The normalized spacial score (nSPS) is 19.5. The van der Waals surface area contributed by atoms with Crippen LogP contribution in [0.25, 0.3) is 12.2 Å². The lowest BCUT2D eigenvalue weighted by atomic mass is 10.0. The Hall–Kier alpha value is -1.97. The molecular formula is C16H18N2O5S2. The van der Waals surface area contributed by atoms with Gasteiger partial charge in [-0.15, -0.1) is 11.3 Å². The number of aromatic nitrogens is 1. The molecule has 2 aromatic heterocycles. The number of carboxylic acid groups (broad SMARTS) is 1. The summed E-state index contributed by atoms with van der Waals surface area (Å²) in [5.74, 6) is -1.50. The van der Waals surface area contributed by atoms with Crippen molar-refractivity contribution in [2.45, 2.75) is 24.7 Å². The maximum Gasteiger partial charge on any atom is 0.307 e. The molecule has 1 saturated heterocycles. The summed E-state index contributed by atoms with van der Waals surface area (Å²) in [7, 11) is -3.87. The second-order valence-electron chi connectivity index (χ2n) is 5.85. The standard InChI is InChI=1S/C16H18N2O5S2/c1-11-15(14(23-17-11)7-6-13-5-3-9-24-13)25(21,22)18-8-2-4-12(10-18)16(19)20/h3,5-7,9,12H,2,4,8,10H2,1H3,(H,19,20)/b7-6+/t12-/m0/s1. The number of rotatable bonds is 5. The van der Waals surface area contributed by atoms with Crippen molar-refractivity contribution in [3.63, 3.8) is 0 Å². The fraction of sp³-hybridized carbons (Fsp3) is 0.375. The number of hydrogen-bond donors (Lipinski definition) is 1. The molecular weight excluding hydrogens is 364 g/mol. The van der Waals surface area contributed by atoms with Crippen molar-refractivity contribution in [2.24, 2.45) is 5.92 Å². The van der Waals surface area contributed by atoms with Crippen LogP contribution >= 0.6 is 11.3 Å². The molecule has 1 N–H and O–H groups in total. The molecule has 25 heavy (non-hydrogen) atoms. The van der Waals surface area contributed by atoms with Crippen LogP contribution in [0.3, 0.4) is 0 Å². The third-order valence-electron chi connectivity index (χ3n) is 4.11. The van der Waals surface area contributed by atoms with Crippen LogP contribution in [-0.4, -0.2) is 42.0 Å². The number of aliphatic carboxylic acids is 1. The molecule has 0 aliphatic carbocycles. The van der Waals surface area contributed by atoms with Crippen LogP contribution in [0.5, 0.6) is 0 Å². The Kier molecular flexibility index (Phi) is 5.07. The van der Waals surface area contributed by atoms with Crippen molar-refractivity contribution in [1.82, 2.24) is 9.46 Å². The van der Waals surface area contributed by atoms with Gasteiger partial charge in [-0.2, -0.15) is 4.31 Å². The molecule has 1 aliphatic heterocycles. The van der Waals surface area contributed by atoms with Crippen molar-refractivity contribution in [3.8, 4) is 0 Å². The number of carboxylic acids is 1. The van der Waals surface area contributed by atoms with Crippen molar-refractivity contribution in [2.75, 3.05) is 13.1 Å². The summed E-state index contributed by atoms with van der Waals surface area (Å²) in [6.07, 6.45) is 4.34. The van der Waals surface area contributed by atoms with E-state index < -0.39 is 21.9 Å². The zero-order chi connectivity index (χ0) is 18.0. The Labute approximate surface area is 149 Å². The van der Waals surface area contributed by atoms with Gasteiger partial charge in [0, 0.05) is 18.0 Å². The van der Waals surface area contributed by atoms with E-state index in [1.807, 2.05) is 17.5 Å². The van der Waals surface area contributed by atoms with Crippen LogP contribution in [0.4, 0.5) is 0 Å². The van der Waals surface area contributed by atoms with Crippen molar-refractivity contribution in [3.05, 3.63) is 33.8 Å². The third kappa shape index (κ3) is 3.68. The highest BCUT2D eigenvalue weighted by Gasteiger charge is 2.36. The number of sulfonamides is 1. The number of hydrogen-bond acceptors (Lipinski definition) is 6. The van der Waals surface area contributed by atoms with Gasteiger partial charge in [-0.3, -0.25) is 4.79 Å². The largest absolute Gasteiger partial charge is 0.481 e. The third-order valence-corrected chi connectivity index (χ3v) is 6.97. The number of aryl methyl sites for hydroxylation is 1. The summed E-state index contributed by atoms with van der Waals surface area (Å²) in [6, 6.07) is 3.80. The van der Waals surface area contributed by atoms with Crippen LogP contribution in [-0.2, 0) is 14.8 Å². The molecule has 0 unspecified atom stereocenters. The van der Waals surface area contributed by atoms with Gasteiger partial charge in [0.2, 0.25) is 10.0 Å². The first-order valence-electron chi connectivity index (χ1n) is 7.80. The van der Waals surface area contributed by atoms with E-state index in [9.17, 15) is 18.3 Å². The maximum atomic E-state index is 13.0. The zero-order valence-electron chi connectivity index (χ0n) is 13.6. The Balaban J connectivity index is 1.92. The second kappa shape index (κ2) is 7.11.